The van der Waals surface area contributed by atoms with E-state index in [1.165, 1.54) is 0 Å². The molecule has 0 bridgehead atoms. The summed E-state index contributed by atoms with van der Waals surface area (Å²) in [5.41, 5.74) is 0.636. The van der Waals surface area contributed by atoms with Crippen molar-refractivity contribution in [3.8, 4) is 0 Å². The molecule has 0 aliphatic heterocycles. The van der Waals surface area contributed by atoms with Gasteiger partial charge in [0.05, 0.1) is 5.56 Å². The molecule has 0 amide bonds. The first-order valence-corrected chi connectivity index (χ1v) is 5.60. The number of aromatic nitrogens is 2. The molecule has 0 spiro atoms. The molecule has 0 fully saturated rings. The molecule has 5 nitrogen and oxygen atoms in total. The first kappa shape index (κ1) is 14.7. The van der Waals surface area contributed by atoms with Crippen molar-refractivity contribution in [1.29, 1.82) is 0 Å². The van der Waals surface area contributed by atoms with Crippen LogP contribution in [-0.4, -0.2) is 34.1 Å². The Bertz CT molecular complexity index is 462. The van der Waals surface area contributed by atoms with E-state index < -0.39 is 18.6 Å². The lowest BCUT2D eigenvalue weighted by Crippen LogP contribution is -2.36. The summed E-state index contributed by atoms with van der Waals surface area (Å²) in [7, 11) is 0. The molecule has 1 aromatic rings. The SMILES string of the molecule is Cc1nc(C)c(C(C)NCC(O)C(F)F)c(=O)[nH]1. The standard InChI is InChI=1S/C11H17F2N3O2/c1-5(14-4-8(17)10(12)13)9-6(2)15-7(3)16-11(9)18/h5,8,10,14,17H,4H2,1-3H3,(H,15,16,18). The van der Waals surface area contributed by atoms with E-state index in [1.54, 1.807) is 20.8 Å². The Hall–Kier alpha value is -1.34. The maximum atomic E-state index is 12.1. The second kappa shape index (κ2) is 6.01. The second-order valence-electron chi connectivity index (χ2n) is 4.18. The van der Waals surface area contributed by atoms with Crippen LogP contribution in [0.4, 0.5) is 8.78 Å². The summed E-state index contributed by atoms with van der Waals surface area (Å²) in [6.45, 7) is 4.72. The fourth-order valence-corrected chi connectivity index (χ4v) is 1.73. The first-order chi connectivity index (χ1) is 8.32. The number of aromatic amines is 1. The number of alkyl halides is 2. The number of halogens is 2. The van der Waals surface area contributed by atoms with Gasteiger partial charge in [-0.25, -0.2) is 13.8 Å². The van der Waals surface area contributed by atoms with Crippen LogP contribution in [0.3, 0.4) is 0 Å². The molecule has 0 aliphatic rings. The predicted molar refractivity (Wildman–Crippen MR) is 62.8 cm³/mol. The first-order valence-electron chi connectivity index (χ1n) is 5.60. The van der Waals surface area contributed by atoms with Crippen molar-refractivity contribution in [2.45, 2.75) is 39.3 Å². The Morgan fingerprint density at radius 2 is 2.06 bits per heavy atom. The molecule has 0 aliphatic carbocycles. The predicted octanol–water partition coefficient (Wildman–Crippen LogP) is 0.663. The van der Waals surface area contributed by atoms with E-state index >= 15 is 0 Å². The Morgan fingerprint density at radius 1 is 1.44 bits per heavy atom. The van der Waals surface area contributed by atoms with Crippen molar-refractivity contribution in [2.75, 3.05) is 6.54 Å². The van der Waals surface area contributed by atoms with E-state index in [-0.39, 0.29) is 12.1 Å². The molecule has 1 heterocycles. The zero-order valence-electron chi connectivity index (χ0n) is 10.5. The van der Waals surface area contributed by atoms with Crippen LogP contribution in [0.5, 0.6) is 0 Å². The van der Waals surface area contributed by atoms with Gasteiger partial charge < -0.3 is 15.4 Å². The molecular formula is C11H17F2N3O2. The minimum Gasteiger partial charge on any atom is -0.386 e. The second-order valence-corrected chi connectivity index (χ2v) is 4.18. The average Bonchev–Trinajstić information content (AvgIpc) is 2.24. The number of hydrogen-bond acceptors (Lipinski definition) is 4. The third kappa shape index (κ3) is 3.58. The Kier molecular flexibility index (Phi) is 4.92. The highest BCUT2D eigenvalue weighted by Gasteiger charge is 2.19. The highest BCUT2D eigenvalue weighted by Crippen LogP contribution is 2.11. The van der Waals surface area contributed by atoms with Crippen LogP contribution in [0.25, 0.3) is 0 Å². The summed E-state index contributed by atoms with van der Waals surface area (Å²) in [5, 5.41) is 11.7. The van der Waals surface area contributed by atoms with E-state index in [4.69, 9.17) is 5.11 Å². The minimum absolute atomic E-state index is 0.286. The van der Waals surface area contributed by atoms with Gasteiger partial charge in [0.15, 0.2) is 0 Å². The van der Waals surface area contributed by atoms with Crippen molar-refractivity contribution in [1.82, 2.24) is 15.3 Å². The number of rotatable bonds is 5. The molecule has 7 heteroatoms. The van der Waals surface area contributed by atoms with Crippen LogP contribution >= 0.6 is 0 Å². The van der Waals surface area contributed by atoms with E-state index in [0.717, 1.165) is 0 Å². The van der Waals surface area contributed by atoms with E-state index in [2.05, 4.69) is 15.3 Å². The molecule has 2 unspecified atom stereocenters. The highest BCUT2D eigenvalue weighted by atomic mass is 19.3. The van der Waals surface area contributed by atoms with Crippen LogP contribution in [0, 0.1) is 13.8 Å². The number of nitrogens with zero attached hydrogens (tertiary/aromatic N) is 1. The summed E-state index contributed by atoms with van der Waals surface area (Å²) in [5.74, 6) is 0.501. The van der Waals surface area contributed by atoms with Gasteiger partial charge in [0.1, 0.15) is 11.9 Å². The van der Waals surface area contributed by atoms with Crippen molar-refractivity contribution in [3.63, 3.8) is 0 Å². The monoisotopic (exact) mass is 261 g/mol. The van der Waals surface area contributed by atoms with Crippen molar-refractivity contribution in [3.05, 3.63) is 27.4 Å². The third-order valence-corrected chi connectivity index (χ3v) is 2.62. The molecule has 0 saturated carbocycles. The molecule has 0 saturated heterocycles. The van der Waals surface area contributed by atoms with Gasteiger partial charge in [-0.15, -0.1) is 0 Å². The lowest BCUT2D eigenvalue weighted by molar-refractivity contribution is -0.00442. The summed E-state index contributed by atoms with van der Waals surface area (Å²) < 4.78 is 24.2. The maximum absolute atomic E-state index is 12.1. The quantitative estimate of drug-likeness (QED) is 0.727. The zero-order valence-corrected chi connectivity index (χ0v) is 10.5. The Labute approximate surface area is 103 Å². The fraction of sp³-hybridized carbons (Fsp3) is 0.636. The van der Waals surface area contributed by atoms with Gasteiger partial charge in [0, 0.05) is 18.3 Å². The number of nitrogens with one attached hydrogen (secondary N) is 2. The molecule has 1 rings (SSSR count). The van der Waals surface area contributed by atoms with Gasteiger partial charge >= 0.3 is 0 Å². The van der Waals surface area contributed by atoms with Gasteiger partial charge in [0.25, 0.3) is 12.0 Å². The number of hydrogen-bond donors (Lipinski definition) is 3. The number of aliphatic hydroxyl groups is 1. The minimum atomic E-state index is -2.81. The van der Waals surface area contributed by atoms with Crippen molar-refractivity contribution >= 4 is 0 Å². The summed E-state index contributed by atoms with van der Waals surface area (Å²) in [6, 6.07) is -0.463. The van der Waals surface area contributed by atoms with E-state index in [0.29, 0.717) is 17.1 Å². The number of aliphatic hydroxyl groups excluding tert-OH is 1. The smallest absolute Gasteiger partial charge is 0.265 e. The molecular weight excluding hydrogens is 244 g/mol. The molecule has 2 atom stereocenters. The normalized spacial score (nSPS) is 14.8. The fourth-order valence-electron chi connectivity index (χ4n) is 1.73. The Balaban J connectivity index is 2.79. The van der Waals surface area contributed by atoms with Crippen LogP contribution < -0.4 is 10.9 Å². The van der Waals surface area contributed by atoms with Crippen LogP contribution in [0.15, 0.2) is 4.79 Å². The summed E-state index contributed by atoms with van der Waals surface area (Å²) in [4.78, 5) is 18.4. The van der Waals surface area contributed by atoms with Crippen molar-refractivity contribution in [2.24, 2.45) is 0 Å². The number of H-pyrrole nitrogens is 1. The number of aryl methyl sites for hydroxylation is 2. The van der Waals surface area contributed by atoms with Crippen LogP contribution in [0.1, 0.15) is 30.0 Å². The zero-order chi connectivity index (χ0) is 13.9. The van der Waals surface area contributed by atoms with Gasteiger partial charge in [-0.2, -0.15) is 0 Å². The van der Waals surface area contributed by atoms with Gasteiger partial charge in [-0.05, 0) is 20.8 Å². The Morgan fingerprint density at radius 3 is 2.56 bits per heavy atom. The van der Waals surface area contributed by atoms with Crippen LogP contribution in [-0.2, 0) is 0 Å². The summed E-state index contributed by atoms with van der Waals surface area (Å²) in [6.07, 6.45) is -4.55. The summed E-state index contributed by atoms with van der Waals surface area (Å²) >= 11 is 0. The molecule has 3 N–H and O–H groups in total. The molecule has 102 valence electrons. The van der Waals surface area contributed by atoms with Crippen LogP contribution in [0.2, 0.25) is 0 Å². The van der Waals surface area contributed by atoms with Gasteiger partial charge in [-0.1, -0.05) is 0 Å². The third-order valence-electron chi connectivity index (χ3n) is 2.62. The van der Waals surface area contributed by atoms with Gasteiger partial charge in [-0.3, -0.25) is 4.79 Å². The maximum Gasteiger partial charge on any atom is 0.265 e. The molecule has 0 aromatic carbocycles. The largest absolute Gasteiger partial charge is 0.386 e. The topological polar surface area (TPSA) is 78.0 Å². The van der Waals surface area contributed by atoms with Gasteiger partial charge in [0.2, 0.25) is 0 Å². The highest BCUT2D eigenvalue weighted by molar-refractivity contribution is 5.19. The lowest BCUT2D eigenvalue weighted by Gasteiger charge is -2.17. The van der Waals surface area contributed by atoms with E-state index in [9.17, 15) is 13.6 Å². The van der Waals surface area contributed by atoms with E-state index in [1.807, 2.05) is 0 Å². The molecule has 18 heavy (non-hydrogen) atoms. The van der Waals surface area contributed by atoms with Crippen molar-refractivity contribution < 1.29 is 13.9 Å². The average molecular weight is 261 g/mol. The molecule has 0 radical (unpaired) electrons. The molecule has 1 aromatic heterocycles. The lowest BCUT2D eigenvalue weighted by atomic mass is 10.1.